The summed E-state index contributed by atoms with van der Waals surface area (Å²) in [6, 6.07) is 11.5. The third-order valence-electron chi connectivity index (χ3n) is 3.94. The molecule has 0 saturated heterocycles. The van der Waals surface area contributed by atoms with E-state index < -0.39 is 12.1 Å². The maximum absolute atomic E-state index is 12.3. The lowest BCUT2D eigenvalue weighted by Crippen LogP contribution is -2.30. The van der Waals surface area contributed by atoms with Gasteiger partial charge >= 0.3 is 5.97 Å². The van der Waals surface area contributed by atoms with Crippen LogP contribution >= 0.6 is 22.7 Å². The van der Waals surface area contributed by atoms with Gasteiger partial charge in [0.1, 0.15) is 5.01 Å². The van der Waals surface area contributed by atoms with E-state index in [1.807, 2.05) is 41.8 Å². The Balaban J connectivity index is 1.58. The maximum Gasteiger partial charge on any atom is 0.358 e. The second-order valence-corrected chi connectivity index (χ2v) is 8.13. The largest absolute Gasteiger partial charge is 0.448 e. The average molecular weight is 401 g/mol. The van der Waals surface area contributed by atoms with Gasteiger partial charge in [-0.25, -0.2) is 9.78 Å². The summed E-state index contributed by atoms with van der Waals surface area (Å²) in [6.07, 6.45) is -0.922. The molecular formula is C20H20N2O3S2. The molecule has 7 heteroatoms. The van der Waals surface area contributed by atoms with Gasteiger partial charge in [0.25, 0.3) is 5.91 Å². The highest BCUT2D eigenvalue weighted by atomic mass is 32.1. The number of carbonyl (C=O) groups excluding carboxylic acids is 2. The number of thiophene rings is 1. The first-order chi connectivity index (χ1) is 12.9. The van der Waals surface area contributed by atoms with Crippen LogP contribution in [0, 0.1) is 0 Å². The van der Waals surface area contributed by atoms with Gasteiger partial charge in [0.15, 0.2) is 11.8 Å². The van der Waals surface area contributed by atoms with E-state index in [0.29, 0.717) is 11.6 Å². The molecule has 3 rings (SSSR count). The van der Waals surface area contributed by atoms with Gasteiger partial charge in [-0.15, -0.1) is 22.7 Å². The lowest BCUT2D eigenvalue weighted by molar-refractivity contribution is -0.123. The van der Waals surface area contributed by atoms with Crippen molar-refractivity contribution >= 4 is 40.2 Å². The van der Waals surface area contributed by atoms with Gasteiger partial charge < -0.3 is 10.1 Å². The van der Waals surface area contributed by atoms with Crippen molar-refractivity contribution in [3.8, 4) is 9.88 Å². The second-order valence-electron chi connectivity index (χ2n) is 6.33. The SMILES string of the molecule is CC(C)c1ccc(NC(=O)[C@@H](C)OC(=O)c2csc(-c3cccs3)n2)cc1. The average Bonchev–Trinajstić information content (AvgIpc) is 3.33. The zero-order valence-corrected chi connectivity index (χ0v) is 16.9. The molecule has 0 aliphatic heterocycles. The zero-order chi connectivity index (χ0) is 19.4. The van der Waals surface area contributed by atoms with Crippen LogP contribution < -0.4 is 5.32 Å². The number of esters is 1. The van der Waals surface area contributed by atoms with Crippen LogP contribution in [-0.2, 0) is 9.53 Å². The zero-order valence-electron chi connectivity index (χ0n) is 15.3. The molecule has 0 spiro atoms. The topological polar surface area (TPSA) is 68.3 Å². The number of benzene rings is 1. The molecule has 0 saturated carbocycles. The van der Waals surface area contributed by atoms with Crippen LogP contribution in [0.1, 0.15) is 42.7 Å². The number of hydrogen-bond donors (Lipinski definition) is 1. The van der Waals surface area contributed by atoms with Crippen molar-refractivity contribution in [2.24, 2.45) is 0 Å². The Labute approximate surface area is 166 Å². The molecule has 0 unspecified atom stereocenters. The summed E-state index contributed by atoms with van der Waals surface area (Å²) in [5.74, 6) is -0.562. The highest BCUT2D eigenvalue weighted by Crippen LogP contribution is 2.28. The lowest BCUT2D eigenvalue weighted by Gasteiger charge is -2.13. The Hall–Kier alpha value is -2.51. The van der Waals surface area contributed by atoms with E-state index in [-0.39, 0.29) is 11.6 Å². The molecule has 0 aliphatic rings. The highest BCUT2D eigenvalue weighted by Gasteiger charge is 2.21. The number of nitrogens with one attached hydrogen (secondary N) is 1. The minimum absolute atomic E-state index is 0.212. The number of aromatic nitrogens is 1. The van der Waals surface area contributed by atoms with Gasteiger partial charge in [0, 0.05) is 11.1 Å². The normalized spacial score (nSPS) is 12.0. The Morgan fingerprint density at radius 3 is 2.44 bits per heavy atom. The number of hydrogen-bond acceptors (Lipinski definition) is 6. The molecule has 0 aliphatic carbocycles. The third-order valence-corrected chi connectivity index (χ3v) is 5.82. The monoisotopic (exact) mass is 400 g/mol. The van der Waals surface area contributed by atoms with E-state index in [0.717, 1.165) is 9.88 Å². The molecule has 140 valence electrons. The number of thiazole rings is 1. The van der Waals surface area contributed by atoms with E-state index in [4.69, 9.17) is 4.74 Å². The lowest BCUT2D eigenvalue weighted by atomic mass is 10.0. The summed E-state index contributed by atoms with van der Waals surface area (Å²) in [5.41, 5.74) is 2.07. The van der Waals surface area contributed by atoms with Crippen LogP contribution in [0.15, 0.2) is 47.2 Å². The van der Waals surface area contributed by atoms with Crippen molar-refractivity contribution in [2.45, 2.75) is 32.8 Å². The van der Waals surface area contributed by atoms with Crippen molar-refractivity contribution in [3.05, 3.63) is 58.4 Å². The summed E-state index contributed by atoms with van der Waals surface area (Å²) in [6.45, 7) is 5.76. The molecule has 0 bridgehead atoms. The van der Waals surface area contributed by atoms with Crippen molar-refractivity contribution in [2.75, 3.05) is 5.32 Å². The van der Waals surface area contributed by atoms with Gasteiger partial charge in [-0.3, -0.25) is 4.79 Å². The molecule has 1 aromatic carbocycles. The van der Waals surface area contributed by atoms with Crippen molar-refractivity contribution in [1.29, 1.82) is 0 Å². The Bertz CT molecular complexity index is 915. The van der Waals surface area contributed by atoms with Crippen LogP contribution in [0.5, 0.6) is 0 Å². The summed E-state index contributed by atoms with van der Waals surface area (Å²) in [7, 11) is 0. The molecule has 1 atom stereocenters. The van der Waals surface area contributed by atoms with Crippen LogP contribution in [-0.4, -0.2) is 23.0 Å². The summed E-state index contributed by atoms with van der Waals surface area (Å²) >= 11 is 2.93. The van der Waals surface area contributed by atoms with E-state index in [2.05, 4.69) is 24.1 Å². The molecule has 0 radical (unpaired) electrons. The van der Waals surface area contributed by atoms with Crippen molar-refractivity contribution in [3.63, 3.8) is 0 Å². The molecule has 1 N–H and O–H groups in total. The smallest absolute Gasteiger partial charge is 0.358 e. The second kappa shape index (κ2) is 8.45. The fourth-order valence-electron chi connectivity index (χ4n) is 2.35. The van der Waals surface area contributed by atoms with E-state index >= 15 is 0 Å². The molecule has 5 nitrogen and oxygen atoms in total. The highest BCUT2D eigenvalue weighted by molar-refractivity contribution is 7.20. The Kier molecular flexibility index (Phi) is 6.03. The third kappa shape index (κ3) is 4.81. The summed E-state index contributed by atoms with van der Waals surface area (Å²) in [5, 5.41) is 7.12. The van der Waals surface area contributed by atoms with Crippen LogP contribution in [0.25, 0.3) is 9.88 Å². The minimum atomic E-state index is -0.922. The standard InChI is InChI=1S/C20H20N2O3S2/c1-12(2)14-6-8-15(9-7-14)21-18(23)13(3)25-20(24)16-11-27-19(22-16)17-5-4-10-26-17/h4-13H,1-3H3,(H,21,23)/t13-/m1/s1. The van der Waals surface area contributed by atoms with Gasteiger partial charge in [-0.1, -0.05) is 32.0 Å². The molecule has 3 aromatic rings. The van der Waals surface area contributed by atoms with Crippen LogP contribution in [0.3, 0.4) is 0 Å². The quantitative estimate of drug-likeness (QED) is 0.579. The Morgan fingerprint density at radius 2 is 1.81 bits per heavy atom. The number of amides is 1. The molecule has 27 heavy (non-hydrogen) atoms. The number of rotatable bonds is 6. The fraction of sp³-hybridized carbons (Fsp3) is 0.250. The van der Waals surface area contributed by atoms with E-state index in [1.54, 1.807) is 23.6 Å². The first-order valence-corrected chi connectivity index (χ1v) is 10.3. The number of anilines is 1. The van der Waals surface area contributed by atoms with Gasteiger partial charge in [-0.05, 0) is 42.0 Å². The first kappa shape index (κ1) is 19.3. The van der Waals surface area contributed by atoms with Crippen LogP contribution in [0.2, 0.25) is 0 Å². The number of nitrogens with zero attached hydrogens (tertiary/aromatic N) is 1. The predicted molar refractivity (Wildman–Crippen MR) is 109 cm³/mol. The van der Waals surface area contributed by atoms with E-state index in [9.17, 15) is 9.59 Å². The molecule has 2 aromatic heterocycles. The van der Waals surface area contributed by atoms with Crippen molar-refractivity contribution in [1.82, 2.24) is 4.98 Å². The van der Waals surface area contributed by atoms with Gasteiger partial charge in [-0.2, -0.15) is 0 Å². The molecule has 1 amide bonds. The molecular weight excluding hydrogens is 380 g/mol. The predicted octanol–water partition coefficient (Wildman–Crippen LogP) is 5.18. The Morgan fingerprint density at radius 1 is 1.07 bits per heavy atom. The fourth-order valence-corrected chi connectivity index (χ4v) is 3.95. The minimum Gasteiger partial charge on any atom is -0.448 e. The maximum atomic E-state index is 12.3. The van der Waals surface area contributed by atoms with E-state index in [1.165, 1.54) is 16.9 Å². The first-order valence-electron chi connectivity index (χ1n) is 8.55. The van der Waals surface area contributed by atoms with Gasteiger partial charge in [0.2, 0.25) is 0 Å². The summed E-state index contributed by atoms with van der Waals surface area (Å²) in [4.78, 5) is 29.8. The molecule has 0 fully saturated rings. The number of carbonyl (C=O) groups is 2. The van der Waals surface area contributed by atoms with Crippen LogP contribution in [0.4, 0.5) is 5.69 Å². The van der Waals surface area contributed by atoms with Crippen molar-refractivity contribution < 1.29 is 14.3 Å². The van der Waals surface area contributed by atoms with Gasteiger partial charge in [0.05, 0.1) is 4.88 Å². The number of ether oxygens (including phenoxy) is 1. The molecule has 2 heterocycles. The summed E-state index contributed by atoms with van der Waals surface area (Å²) < 4.78 is 5.26.